The fourth-order valence-corrected chi connectivity index (χ4v) is 4.51. The van der Waals surface area contributed by atoms with E-state index in [9.17, 15) is 13.2 Å². The van der Waals surface area contributed by atoms with Gasteiger partial charge in [0.05, 0.1) is 16.5 Å². The van der Waals surface area contributed by atoms with Gasteiger partial charge < -0.3 is 9.64 Å². The van der Waals surface area contributed by atoms with Crippen LogP contribution in [0.15, 0.2) is 53.4 Å². The quantitative estimate of drug-likeness (QED) is 0.723. The van der Waals surface area contributed by atoms with Gasteiger partial charge in [0.25, 0.3) is 5.91 Å². The molecule has 1 aliphatic rings. The van der Waals surface area contributed by atoms with E-state index in [1.165, 1.54) is 34.1 Å². The van der Waals surface area contributed by atoms with Gasteiger partial charge in [0.15, 0.2) is 6.61 Å². The van der Waals surface area contributed by atoms with Crippen LogP contribution in [0.1, 0.15) is 18.1 Å². The van der Waals surface area contributed by atoms with Crippen LogP contribution in [0.2, 0.25) is 0 Å². The lowest BCUT2D eigenvalue weighted by Crippen LogP contribution is -2.51. The molecule has 1 aliphatic heterocycles. The van der Waals surface area contributed by atoms with E-state index in [4.69, 9.17) is 10.00 Å². The van der Waals surface area contributed by atoms with Gasteiger partial charge in [-0.3, -0.25) is 4.79 Å². The summed E-state index contributed by atoms with van der Waals surface area (Å²) in [5.41, 5.74) is 1.60. The average molecular weight is 413 g/mol. The third-order valence-electron chi connectivity index (χ3n) is 4.91. The van der Waals surface area contributed by atoms with Gasteiger partial charge in [0.1, 0.15) is 5.75 Å². The van der Waals surface area contributed by atoms with E-state index in [0.717, 1.165) is 6.42 Å². The zero-order valence-corrected chi connectivity index (χ0v) is 17.1. The summed E-state index contributed by atoms with van der Waals surface area (Å²) >= 11 is 0. The molecular formula is C21H23N3O4S. The first-order valence-electron chi connectivity index (χ1n) is 9.44. The van der Waals surface area contributed by atoms with Crippen molar-refractivity contribution in [3.63, 3.8) is 0 Å². The normalized spacial score (nSPS) is 15.0. The Morgan fingerprint density at radius 2 is 1.66 bits per heavy atom. The first kappa shape index (κ1) is 20.8. The highest BCUT2D eigenvalue weighted by atomic mass is 32.2. The van der Waals surface area contributed by atoms with E-state index in [-0.39, 0.29) is 30.5 Å². The van der Waals surface area contributed by atoms with Gasteiger partial charge in [-0.05, 0) is 48.4 Å². The SMILES string of the molecule is CCc1ccc(OCC(=O)N2CCN(S(=O)(=O)c3ccc(C#N)cc3)CC2)cc1. The molecular weight excluding hydrogens is 390 g/mol. The molecule has 0 unspecified atom stereocenters. The summed E-state index contributed by atoms with van der Waals surface area (Å²) < 4.78 is 32.4. The zero-order valence-electron chi connectivity index (χ0n) is 16.2. The molecule has 1 fully saturated rings. The highest BCUT2D eigenvalue weighted by Crippen LogP contribution is 2.18. The molecule has 0 aliphatic carbocycles. The van der Waals surface area contributed by atoms with Crippen molar-refractivity contribution in [1.82, 2.24) is 9.21 Å². The third kappa shape index (κ3) is 4.94. The Kier molecular flexibility index (Phi) is 6.52. The van der Waals surface area contributed by atoms with Crippen molar-refractivity contribution in [2.45, 2.75) is 18.2 Å². The standard InChI is InChI=1S/C21H23N3O4S/c1-2-17-3-7-19(8-4-17)28-16-21(25)23-11-13-24(14-12-23)29(26,27)20-9-5-18(15-22)6-10-20/h3-10H,2,11-14,16H2,1H3. The molecule has 152 valence electrons. The van der Waals surface area contributed by atoms with Crippen LogP contribution >= 0.6 is 0 Å². The second-order valence-electron chi connectivity index (χ2n) is 6.71. The largest absolute Gasteiger partial charge is 0.484 e. The van der Waals surface area contributed by atoms with Gasteiger partial charge in [0.2, 0.25) is 10.0 Å². The minimum atomic E-state index is -3.64. The van der Waals surface area contributed by atoms with Gasteiger partial charge in [-0.2, -0.15) is 9.57 Å². The predicted octanol–water partition coefficient (Wildman–Crippen LogP) is 2.03. The summed E-state index contributed by atoms with van der Waals surface area (Å²) in [6.45, 7) is 3.06. The van der Waals surface area contributed by atoms with Gasteiger partial charge >= 0.3 is 0 Å². The fourth-order valence-electron chi connectivity index (χ4n) is 3.09. The molecule has 8 heteroatoms. The van der Waals surface area contributed by atoms with E-state index in [0.29, 0.717) is 24.4 Å². The smallest absolute Gasteiger partial charge is 0.260 e. The molecule has 1 amide bonds. The molecule has 0 spiro atoms. The number of hydrogen-bond donors (Lipinski definition) is 0. The van der Waals surface area contributed by atoms with Crippen molar-refractivity contribution in [2.24, 2.45) is 0 Å². The lowest BCUT2D eigenvalue weighted by molar-refractivity contribution is -0.134. The Labute approximate surface area is 171 Å². The number of amides is 1. The van der Waals surface area contributed by atoms with E-state index in [1.54, 1.807) is 4.90 Å². The number of nitrogens with zero attached hydrogens (tertiary/aromatic N) is 3. The number of hydrogen-bond acceptors (Lipinski definition) is 5. The number of piperazine rings is 1. The van der Waals surface area contributed by atoms with Crippen LogP contribution in [0.5, 0.6) is 5.75 Å². The number of carbonyl (C=O) groups excluding carboxylic acids is 1. The van der Waals surface area contributed by atoms with Crippen molar-refractivity contribution < 1.29 is 17.9 Å². The number of carbonyl (C=O) groups is 1. The van der Waals surface area contributed by atoms with Crippen molar-refractivity contribution in [2.75, 3.05) is 32.8 Å². The molecule has 2 aromatic carbocycles. The Balaban J connectivity index is 1.53. The topological polar surface area (TPSA) is 90.7 Å². The Hall–Kier alpha value is -2.89. The zero-order chi connectivity index (χ0) is 20.9. The first-order valence-corrected chi connectivity index (χ1v) is 10.9. The third-order valence-corrected chi connectivity index (χ3v) is 6.82. The molecule has 0 bridgehead atoms. The van der Waals surface area contributed by atoms with E-state index >= 15 is 0 Å². The molecule has 1 heterocycles. The minimum absolute atomic E-state index is 0.0756. The summed E-state index contributed by atoms with van der Waals surface area (Å²) in [7, 11) is -3.64. The van der Waals surface area contributed by atoms with E-state index in [2.05, 4.69) is 6.92 Å². The van der Waals surface area contributed by atoms with Gasteiger partial charge in [-0.25, -0.2) is 8.42 Å². The summed E-state index contributed by atoms with van der Waals surface area (Å²) in [4.78, 5) is 14.2. The molecule has 0 N–H and O–H groups in total. The highest BCUT2D eigenvalue weighted by Gasteiger charge is 2.30. The number of ether oxygens (including phenoxy) is 1. The Bertz CT molecular complexity index is 988. The second-order valence-corrected chi connectivity index (χ2v) is 8.65. The van der Waals surface area contributed by atoms with Crippen LogP contribution < -0.4 is 4.74 Å². The lowest BCUT2D eigenvalue weighted by atomic mass is 10.2. The molecule has 0 saturated carbocycles. The first-order chi connectivity index (χ1) is 13.9. The molecule has 0 atom stereocenters. The van der Waals surface area contributed by atoms with Crippen LogP contribution in [0.4, 0.5) is 0 Å². The maximum absolute atomic E-state index is 12.7. The maximum Gasteiger partial charge on any atom is 0.260 e. The van der Waals surface area contributed by atoms with Crippen LogP contribution in [0.25, 0.3) is 0 Å². The Morgan fingerprint density at radius 1 is 1.03 bits per heavy atom. The monoisotopic (exact) mass is 413 g/mol. The molecule has 7 nitrogen and oxygen atoms in total. The van der Waals surface area contributed by atoms with Crippen LogP contribution in [0, 0.1) is 11.3 Å². The Morgan fingerprint density at radius 3 is 2.21 bits per heavy atom. The minimum Gasteiger partial charge on any atom is -0.484 e. The number of sulfonamides is 1. The fraction of sp³-hybridized carbons (Fsp3) is 0.333. The predicted molar refractivity (Wildman–Crippen MR) is 108 cm³/mol. The average Bonchev–Trinajstić information content (AvgIpc) is 2.78. The summed E-state index contributed by atoms with van der Waals surface area (Å²) in [6, 6.07) is 15.4. The van der Waals surface area contributed by atoms with E-state index < -0.39 is 10.0 Å². The number of benzene rings is 2. The highest BCUT2D eigenvalue weighted by molar-refractivity contribution is 7.89. The second kappa shape index (κ2) is 9.07. The van der Waals surface area contributed by atoms with Crippen molar-refractivity contribution >= 4 is 15.9 Å². The maximum atomic E-state index is 12.7. The molecule has 2 aromatic rings. The molecule has 29 heavy (non-hydrogen) atoms. The molecule has 1 saturated heterocycles. The summed E-state index contributed by atoms with van der Waals surface area (Å²) in [5, 5.41) is 8.84. The lowest BCUT2D eigenvalue weighted by Gasteiger charge is -2.34. The number of nitriles is 1. The van der Waals surface area contributed by atoms with Gasteiger partial charge in [-0.15, -0.1) is 0 Å². The molecule has 3 rings (SSSR count). The number of aryl methyl sites for hydroxylation is 1. The van der Waals surface area contributed by atoms with Crippen LogP contribution in [-0.2, 0) is 21.2 Å². The number of rotatable bonds is 6. The van der Waals surface area contributed by atoms with Gasteiger partial charge in [0, 0.05) is 26.2 Å². The molecule has 0 radical (unpaired) electrons. The van der Waals surface area contributed by atoms with Crippen molar-refractivity contribution in [1.29, 1.82) is 5.26 Å². The summed E-state index contributed by atoms with van der Waals surface area (Å²) in [5.74, 6) is 0.470. The summed E-state index contributed by atoms with van der Waals surface area (Å²) in [6.07, 6.45) is 0.939. The van der Waals surface area contributed by atoms with Crippen molar-refractivity contribution in [3.8, 4) is 11.8 Å². The molecule has 0 aromatic heterocycles. The van der Waals surface area contributed by atoms with E-state index in [1.807, 2.05) is 30.3 Å². The van der Waals surface area contributed by atoms with Crippen LogP contribution in [0.3, 0.4) is 0 Å². The van der Waals surface area contributed by atoms with Crippen LogP contribution in [-0.4, -0.2) is 56.3 Å². The van der Waals surface area contributed by atoms with Gasteiger partial charge in [-0.1, -0.05) is 19.1 Å². The van der Waals surface area contributed by atoms with Crippen molar-refractivity contribution in [3.05, 3.63) is 59.7 Å².